The molecule has 2 N–H and O–H groups in total. The van der Waals surface area contributed by atoms with Crippen LogP contribution in [0.4, 0.5) is 23.0 Å². The topological polar surface area (TPSA) is 99.2 Å². The van der Waals surface area contributed by atoms with Crippen LogP contribution in [0.15, 0.2) is 67.6 Å². The highest BCUT2D eigenvalue weighted by atomic mass is 16.1. The van der Waals surface area contributed by atoms with E-state index in [0.717, 1.165) is 46.5 Å². The van der Waals surface area contributed by atoms with Crippen LogP contribution in [-0.2, 0) is 4.79 Å². The van der Waals surface area contributed by atoms with Crippen LogP contribution in [0.25, 0.3) is 22.3 Å². The third-order valence-electron chi connectivity index (χ3n) is 5.78. The predicted molar refractivity (Wildman–Crippen MR) is 146 cm³/mol. The van der Waals surface area contributed by atoms with E-state index in [0.29, 0.717) is 17.5 Å². The van der Waals surface area contributed by atoms with Gasteiger partial charge in [-0.1, -0.05) is 24.8 Å². The molecule has 36 heavy (non-hydrogen) atoms. The number of carbonyl (C=O) groups is 1. The summed E-state index contributed by atoms with van der Waals surface area (Å²) in [5, 5.41) is 7.19. The van der Waals surface area contributed by atoms with Gasteiger partial charge in [-0.25, -0.2) is 9.97 Å². The molecule has 2 aromatic carbocycles. The fourth-order valence-corrected chi connectivity index (χ4v) is 3.80. The van der Waals surface area contributed by atoms with Crippen LogP contribution in [-0.4, -0.2) is 65.0 Å². The quantitative estimate of drug-likeness (QED) is 0.342. The SMILES string of the molecule is C=CC(=O)Nc1cc(Nc2ncnc(-c3cccc4ncccc34)n2)c(C)cc1N(C)CCN(C)C. The van der Waals surface area contributed by atoms with Crippen LogP contribution in [0.2, 0.25) is 0 Å². The van der Waals surface area contributed by atoms with Crippen molar-refractivity contribution in [3.8, 4) is 11.4 Å². The minimum Gasteiger partial charge on any atom is -0.372 e. The van der Waals surface area contributed by atoms with Gasteiger partial charge in [0.1, 0.15) is 6.33 Å². The van der Waals surface area contributed by atoms with Gasteiger partial charge >= 0.3 is 0 Å². The van der Waals surface area contributed by atoms with Gasteiger partial charge in [-0.05, 0) is 56.9 Å². The fraction of sp³-hybridized carbons (Fsp3) is 0.222. The van der Waals surface area contributed by atoms with Crippen LogP contribution < -0.4 is 15.5 Å². The first-order valence-corrected chi connectivity index (χ1v) is 11.6. The summed E-state index contributed by atoms with van der Waals surface area (Å²) >= 11 is 0. The van der Waals surface area contributed by atoms with Crippen molar-refractivity contribution in [3.05, 3.63) is 73.2 Å². The van der Waals surface area contributed by atoms with Crippen molar-refractivity contribution in [3.63, 3.8) is 0 Å². The van der Waals surface area contributed by atoms with Gasteiger partial charge in [0, 0.05) is 43.0 Å². The predicted octanol–water partition coefficient (Wildman–Crippen LogP) is 4.26. The molecule has 0 bridgehead atoms. The molecule has 0 radical (unpaired) electrons. The fourth-order valence-electron chi connectivity index (χ4n) is 3.80. The van der Waals surface area contributed by atoms with Crippen LogP contribution in [0.1, 0.15) is 5.56 Å². The zero-order valence-corrected chi connectivity index (χ0v) is 21.0. The Kier molecular flexibility index (Phi) is 7.50. The number of aryl methyl sites for hydroxylation is 1. The largest absolute Gasteiger partial charge is 0.372 e. The van der Waals surface area contributed by atoms with E-state index in [1.54, 1.807) is 6.20 Å². The molecule has 2 aromatic heterocycles. The van der Waals surface area contributed by atoms with Crippen molar-refractivity contribution in [1.29, 1.82) is 0 Å². The lowest BCUT2D eigenvalue weighted by Crippen LogP contribution is -2.29. The smallest absolute Gasteiger partial charge is 0.247 e. The first-order valence-electron chi connectivity index (χ1n) is 11.6. The number of nitrogens with one attached hydrogen (secondary N) is 2. The molecule has 1 amide bonds. The van der Waals surface area contributed by atoms with Crippen molar-refractivity contribution in [2.75, 3.05) is 49.8 Å². The van der Waals surface area contributed by atoms with Gasteiger partial charge in [0.2, 0.25) is 11.9 Å². The van der Waals surface area contributed by atoms with Gasteiger partial charge in [-0.3, -0.25) is 9.78 Å². The molecule has 0 spiro atoms. The molecule has 4 rings (SSSR count). The van der Waals surface area contributed by atoms with Crippen LogP contribution in [0.5, 0.6) is 0 Å². The number of aromatic nitrogens is 4. The zero-order valence-electron chi connectivity index (χ0n) is 21.0. The highest BCUT2D eigenvalue weighted by molar-refractivity contribution is 6.02. The van der Waals surface area contributed by atoms with Crippen molar-refractivity contribution in [2.24, 2.45) is 0 Å². The summed E-state index contributed by atoms with van der Waals surface area (Å²) in [5.41, 5.74) is 5.08. The summed E-state index contributed by atoms with van der Waals surface area (Å²) in [6, 6.07) is 13.7. The lowest BCUT2D eigenvalue weighted by atomic mass is 10.1. The summed E-state index contributed by atoms with van der Waals surface area (Å²) in [4.78, 5) is 34.2. The van der Waals surface area contributed by atoms with Gasteiger partial charge in [-0.2, -0.15) is 4.98 Å². The summed E-state index contributed by atoms with van der Waals surface area (Å²) in [6.07, 6.45) is 4.51. The van der Waals surface area contributed by atoms with E-state index in [1.807, 2.05) is 70.5 Å². The highest BCUT2D eigenvalue weighted by Crippen LogP contribution is 2.33. The number of amides is 1. The van der Waals surface area contributed by atoms with E-state index in [4.69, 9.17) is 0 Å². The maximum absolute atomic E-state index is 12.2. The number of fused-ring (bicyclic) bond motifs is 1. The molecule has 184 valence electrons. The number of anilines is 4. The van der Waals surface area contributed by atoms with Gasteiger partial charge in [0.15, 0.2) is 5.82 Å². The number of hydrogen-bond acceptors (Lipinski definition) is 8. The van der Waals surface area contributed by atoms with Crippen LogP contribution in [0, 0.1) is 6.92 Å². The molecule has 2 heterocycles. The standard InChI is InChI=1S/C27H30N8O/c1-6-25(36)31-23-16-22(18(2)15-24(23)35(5)14-13-34(3)4)32-27-30-17-29-26(33-27)20-9-7-11-21-19(20)10-8-12-28-21/h6-12,15-17H,1,13-14H2,2-5H3,(H,31,36)(H,29,30,32,33). The molecule has 0 saturated heterocycles. The zero-order chi connectivity index (χ0) is 25.7. The van der Waals surface area contributed by atoms with Crippen molar-refractivity contribution < 1.29 is 4.79 Å². The molecule has 0 unspecified atom stereocenters. The van der Waals surface area contributed by atoms with E-state index in [2.05, 4.69) is 46.9 Å². The van der Waals surface area contributed by atoms with Crippen LogP contribution >= 0.6 is 0 Å². The molecule has 0 saturated carbocycles. The highest BCUT2D eigenvalue weighted by Gasteiger charge is 2.15. The summed E-state index contributed by atoms with van der Waals surface area (Å²) in [5.74, 6) is 0.668. The van der Waals surface area contributed by atoms with E-state index < -0.39 is 0 Å². The summed E-state index contributed by atoms with van der Waals surface area (Å²) in [7, 11) is 6.07. The second-order valence-corrected chi connectivity index (χ2v) is 8.74. The second kappa shape index (κ2) is 10.9. The van der Waals surface area contributed by atoms with Gasteiger partial charge < -0.3 is 20.4 Å². The Bertz CT molecular complexity index is 1400. The molecule has 0 aliphatic carbocycles. The lowest BCUT2D eigenvalue weighted by molar-refractivity contribution is -0.111. The molecule has 9 nitrogen and oxygen atoms in total. The van der Waals surface area contributed by atoms with Gasteiger partial charge in [0.25, 0.3) is 0 Å². The first kappa shape index (κ1) is 24.7. The molecule has 0 fully saturated rings. The van der Waals surface area contributed by atoms with Gasteiger partial charge in [-0.15, -0.1) is 0 Å². The minimum absolute atomic E-state index is 0.279. The minimum atomic E-state index is -0.279. The molecular formula is C27H30N8O. The number of benzene rings is 2. The molecule has 0 atom stereocenters. The van der Waals surface area contributed by atoms with E-state index in [1.165, 1.54) is 12.4 Å². The number of pyridine rings is 1. The number of carbonyl (C=O) groups excluding carboxylic acids is 1. The number of nitrogens with zero attached hydrogens (tertiary/aromatic N) is 6. The lowest BCUT2D eigenvalue weighted by Gasteiger charge is -2.25. The Hall–Kier alpha value is -4.37. The van der Waals surface area contributed by atoms with Crippen molar-refractivity contribution in [2.45, 2.75) is 6.92 Å². The van der Waals surface area contributed by atoms with E-state index in [-0.39, 0.29) is 5.91 Å². The maximum atomic E-state index is 12.2. The number of rotatable bonds is 9. The number of likely N-dealkylation sites (N-methyl/N-ethyl adjacent to an activating group) is 2. The van der Waals surface area contributed by atoms with Crippen LogP contribution in [0.3, 0.4) is 0 Å². The first-order chi connectivity index (χ1) is 17.4. The van der Waals surface area contributed by atoms with Crippen molar-refractivity contribution >= 4 is 39.8 Å². The Morgan fingerprint density at radius 2 is 1.86 bits per heavy atom. The average Bonchev–Trinajstić information content (AvgIpc) is 2.88. The van der Waals surface area contributed by atoms with E-state index >= 15 is 0 Å². The molecule has 0 aliphatic heterocycles. The molecular weight excluding hydrogens is 452 g/mol. The Morgan fingerprint density at radius 3 is 2.64 bits per heavy atom. The molecule has 0 aliphatic rings. The molecule has 4 aromatic rings. The maximum Gasteiger partial charge on any atom is 0.247 e. The summed E-state index contributed by atoms with van der Waals surface area (Å²) < 4.78 is 0. The van der Waals surface area contributed by atoms with Gasteiger partial charge in [0.05, 0.1) is 16.9 Å². The Morgan fingerprint density at radius 1 is 1.03 bits per heavy atom. The number of hydrogen-bond donors (Lipinski definition) is 2. The third kappa shape index (κ3) is 5.64. The average molecular weight is 483 g/mol. The normalized spacial score (nSPS) is 10.9. The van der Waals surface area contributed by atoms with E-state index in [9.17, 15) is 4.79 Å². The monoisotopic (exact) mass is 482 g/mol. The molecule has 9 heteroatoms. The van der Waals surface area contributed by atoms with Crippen molar-refractivity contribution in [1.82, 2.24) is 24.8 Å². The third-order valence-corrected chi connectivity index (χ3v) is 5.78. The Balaban J connectivity index is 1.68. The Labute approximate surface area is 210 Å². The second-order valence-electron chi connectivity index (χ2n) is 8.74. The summed E-state index contributed by atoms with van der Waals surface area (Å²) in [6.45, 7) is 7.26.